The summed E-state index contributed by atoms with van der Waals surface area (Å²) in [6, 6.07) is 10.2. The van der Waals surface area contributed by atoms with Gasteiger partial charge < -0.3 is 10.1 Å². The number of nitriles is 1. The highest BCUT2D eigenvalue weighted by Gasteiger charge is 2.30. The first-order chi connectivity index (χ1) is 13.3. The fourth-order valence-corrected chi connectivity index (χ4v) is 3.20. The smallest absolute Gasteiger partial charge is 0.312 e. The van der Waals surface area contributed by atoms with Gasteiger partial charge >= 0.3 is 5.97 Å². The van der Waals surface area contributed by atoms with Crippen LogP contribution >= 0.6 is 11.3 Å². The van der Waals surface area contributed by atoms with Crippen LogP contribution in [-0.4, -0.2) is 29.0 Å². The lowest BCUT2D eigenvalue weighted by Gasteiger charge is -2.27. The highest BCUT2D eigenvalue weighted by molar-refractivity contribution is 7.13. The average molecular weight is 400 g/mol. The predicted molar refractivity (Wildman–Crippen MR) is 109 cm³/mol. The van der Waals surface area contributed by atoms with Gasteiger partial charge in [-0.15, -0.1) is 11.3 Å². The quantitative estimate of drug-likeness (QED) is 0.686. The fraction of sp³-hybridized carbons (Fsp3) is 0.429. The number of amides is 1. The van der Waals surface area contributed by atoms with Gasteiger partial charge in [-0.3, -0.25) is 9.59 Å². The number of carbonyl (C=O) groups excluding carboxylic acids is 2. The highest BCUT2D eigenvalue weighted by Crippen LogP contribution is 2.24. The van der Waals surface area contributed by atoms with E-state index in [-0.39, 0.29) is 12.3 Å². The van der Waals surface area contributed by atoms with Crippen LogP contribution in [0.1, 0.15) is 39.0 Å². The molecule has 1 heterocycles. The van der Waals surface area contributed by atoms with Gasteiger partial charge in [0.2, 0.25) is 0 Å². The van der Waals surface area contributed by atoms with Crippen LogP contribution in [0.2, 0.25) is 0 Å². The van der Waals surface area contributed by atoms with Crippen LogP contribution in [0.15, 0.2) is 29.6 Å². The molecule has 1 aromatic carbocycles. The number of carbonyl (C=O) groups is 2. The number of aryl methyl sites for hydroxylation is 1. The minimum atomic E-state index is -0.999. The molecule has 1 aromatic heterocycles. The maximum absolute atomic E-state index is 12.0. The Labute approximate surface area is 169 Å². The molecule has 1 N–H and O–H groups in total. The lowest BCUT2D eigenvalue weighted by Crippen LogP contribution is -2.50. The minimum Gasteiger partial charge on any atom is -0.455 e. The molecule has 0 aliphatic carbocycles. The van der Waals surface area contributed by atoms with Gasteiger partial charge in [0.15, 0.2) is 6.61 Å². The van der Waals surface area contributed by atoms with Crippen molar-refractivity contribution in [2.75, 3.05) is 6.61 Å². The number of hydrogen-bond acceptors (Lipinski definition) is 6. The number of hydrogen-bond donors (Lipinski definition) is 1. The molecule has 28 heavy (non-hydrogen) atoms. The van der Waals surface area contributed by atoms with Gasteiger partial charge in [-0.1, -0.05) is 45.0 Å². The van der Waals surface area contributed by atoms with Crippen molar-refractivity contribution in [2.45, 2.75) is 46.1 Å². The van der Waals surface area contributed by atoms with Gasteiger partial charge in [0.25, 0.3) is 5.91 Å². The van der Waals surface area contributed by atoms with E-state index in [2.05, 4.69) is 35.4 Å². The van der Waals surface area contributed by atoms with Crippen molar-refractivity contribution < 1.29 is 14.3 Å². The van der Waals surface area contributed by atoms with E-state index in [1.165, 1.54) is 16.9 Å². The summed E-state index contributed by atoms with van der Waals surface area (Å²) in [6.45, 7) is 7.00. The van der Waals surface area contributed by atoms with Gasteiger partial charge in [-0.05, 0) is 24.8 Å². The summed E-state index contributed by atoms with van der Waals surface area (Å²) in [5.41, 5.74) is 1.87. The Bertz CT molecular complexity index is 868. The van der Waals surface area contributed by atoms with Crippen LogP contribution in [0.25, 0.3) is 10.6 Å². The molecular formula is C21H25N3O3S. The second-order valence-corrected chi connectivity index (χ2v) is 7.91. The van der Waals surface area contributed by atoms with Crippen LogP contribution in [0.3, 0.4) is 0 Å². The Morgan fingerprint density at radius 3 is 2.57 bits per heavy atom. The number of benzene rings is 1. The van der Waals surface area contributed by atoms with Crippen LogP contribution < -0.4 is 5.32 Å². The second kappa shape index (κ2) is 9.47. The number of esters is 1. The molecule has 6 nitrogen and oxygen atoms in total. The third-order valence-corrected chi connectivity index (χ3v) is 5.58. The van der Waals surface area contributed by atoms with Crippen molar-refractivity contribution >= 4 is 23.2 Å². The summed E-state index contributed by atoms with van der Waals surface area (Å²) in [5, 5.41) is 14.5. The number of nitrogens with zero attached hydrogens (tertiary/aromatic N) is 2. The standard InChI is InChI=1S/C21H25N3O3S/c1-5-15-6-8-16(9-7-15)20-23-17(12-28-20)10-19(26)27-11-18(25)24-21(4,13-22)14(2)3/h6-9,12,14H,5,10-11H2,1-4H3,(H,24,25)/t21-/m0/s1. The summed E-state index contributed by atoms with van der Waals surface area (Å²) >= 11 is 1.46. The monoisotopic (exact) mass is 399 g/mol. The van der Waals surface area contributed by atoms with E-state index < -0.39 is 24.0 Å². The number of thiazole rings is 1. The van der Waals surface area contributed by atoms with Crippen molar-refractivity contribution in [2.24, 2.45) is 5.92 Å². The maximum atomic E-state index is 12.0. The third-order valence-electron chi connectivity index (χ3n) is 4.64. The van der Waals surface area contributed by atoms with Gasteiger partial charge in [0, 0.05) is 10.9 Å². The van der Waals surface area contributed by atoms with Crippen molar-refractivity contribution in [1.82, 2.24) is 10.3 Å². The summed E-state index contributed by atoms with van der Waals surface area (Å²) in [4.78, 5) is 28.5. The van der Waals surface area contributed by atoms with E-state index >= 15 is 0 Å². The number of nitrogens with one attached hydrogen (secondary N) is 1. The van der Waals surface area contributed by atoms with Gasteiger partial charge in [-0.25, -0.2) is 4.98 Å². The molecule has 1 amide bonds. The molecule has 2 aromatic rings. The van der Waals surface area contributed by atoms with Gasteiger partial charge in [0.05, 0.1) is 18.2 Å². The van der Waals surface area contributed by atoms with Crippen molar-refractivity contribution in [3.63, 3.8) is 0 Å². The van der Waals surface area contributed by atoms with E-state index in [4.69, 9.17) is 4.74 Å². The van der Waals surface area contributed by atoms with Crippen LogP contribution in [0.4, 0.5) is 0 Å². The number of aromatic nitrogens is 1. The SMILES string of the molecule is CCc1ccc(-c2nc(CC(=O)OCC(=O)N[C@@](C)(C#N)C(C)C)cs2)cc1. The van der Waals surface area contributed by atoms with Crippen LogP contribution in [-0.2, 0) is 27.2 Å². The molecule has 0 fully saturated rings. The molecule has 0 spiro atoms. The molecule has 148 valence electrons. The van der Waals surface area contributed by atoms with Crippen molar-refractivity contribution in [3.05, 3.63) is 40.9 Å². The first kappa shape index (κ1) is 21.6. The van der Waals surface area contributed by atoms with Crippen LogP contribution in [0, 0.1) is 17.2 Å². The van der Waals surface area contributed by atoms with E-state index in [1.54, 1.807) is 6.92 Å². The molecule has 0 radical (unpaired) electrons. The normalized spacial score (nSPS) is 12.9. The minimum absolute atomic E-state index is 0.00345. The van der Waals surface area contributed by atoms with Crippen molar-refractivity contribution in [1.29, 1.82) is 5.26 Å². The van der Waals surface area contributed by atoms with Crippen LogP contribution in [0.5, 0.6) is 0 Å². The Morgan fingerprint density at radius 2 is 2.00 bits per heavy atom. The number of ether oxygens (including phenoxy) is 1. The first-order valence-corrected chi connectivity index (χ1v) is 10.1. The Balaban J connectivity index is 1.87. The predicted octanol–water partition coefficient (Wildman–Crippen LogP) is 3.51. The van der Waals surface area contributed by atoms with E-state index in [9.17, 15) is 14.9 Å². The summed E-state index contributed by atoms with van der Waals surface area (Å²) < 4.78 is 5.03. The molecule has 0 saturated carbocycles. The van der Waals surface area contributed by atoms with E-state index in [0.717, 1.165) is 17.0 Å². The summed E-state index contributed by atoms with van der Waals surface area (Å²) in [7, 11) is 0. The third kappa shape index (κ3) is 5.64. The van der Waals surface area contributed by atoms with E-state index in [1.807, 2.05) is 31.4 Å². The molecule has 2 rings (SSSR count). The fourth-order valence-electron chi connectivity index (χ4n) is 2.38. The molecule has 0 unspecified atom stereocenters. The zero-order valence-electron chi connectivity index (χ0n) is 16.6. The first-order valence-electron chi connectivity index (χ1n) is 9.19. The molecule has 0 saturated heterocycles. The molecule has 7 heteroatoms. The summed E-state index contributed by atoms with van der Waals surface area (Å²) in [5.74, 6) is -1.10. The Morgan fingerprint density at radius 1 is 1.32 bits per heavy atom. The Hall–Kier alpha value is -2.72. The van der Waals surface area contributed by atoms with Crippen molar-refractivity contribution in [3.8, 4) is 16.6 Å². The highest BCUT2D eigenvalue weighted by atomic mass is 32.1. The lowest BCUT2D eigenvalue weighted by molar-refractivity contribution is -0.148. The molecule has 0 aliphatic rings. The Kier molecular flexibility index (Phi) is 7.30. The lowest BCUT2D eigenvalue weighted by atomic mass is 9.90. The average Bonchev–Trinajstić information content (AvgIpc) is 3.14. The zero-order chi connectivity index (χ0) is 20.7. The number of rotatable bonds is 8. The zero-order valence-corrected chi connectivity index (χ0v) is 17.4. The maximum Gasteiger partial charge on any atom is 0.312 e. The molecule has 0 bridgehead atoms. The largest absolute Gasteiger partial charge is 0.455 e. The molecule has 0 aliphatic heterocycles. The second-order valence-electron chi connectivity index (χ2n) is 7.05. The van der Waals surface area contributed by atoms with Gasteiger partial charge in [0.1, 0.15) is 10.5 Å². The summed E-state index contributed by atoms with van der Waals surface area (Å²) in [6.07, 6.45) is 0.976. The topological polar surface area (TPSA) is 92.1 Å². The molecule has 1 atom stereocenters. The molecular weight excluding hydrogens is 374 g/mol. The van der Waals surface area contributed by atoms with E-state index in [0.29, 0.717) is 5.69 Å². The van der Waals surface area contributed by atoms with Gasteiger partial charge in [-0.2, -0.15) is 5.26 Å².